The van der Waals surface area contributed by atoms with E-state index < -0.39 is 6.04 Å². The number of aryl methyl sites for hydroxylation is 1. The summed E-state index contributed by atoms with van der Waals surface area (Å²) in [6, 6.07) is 17.1. The van der Waals surface area contributed by atoms with Crippen molar-refractivity contribution >= 4 is 5.91 Å². The predicted octanol–water partition coefficient (Wildman–Crippen LogP) is 2.35. The Hall–Kier alpha value is -2.13. The molecule has 0 saturated carbocycles. The summed E-state index contributed by atoms with van der Waals surface area (Å²) in [7, 11) is 0. The van der Waals surface area contributed by atoms with Crippen LogP contribution >= 0.6 is 0 Å². The molecule has 0 saturated heterocycles. The van der Waals surface area contributed by atoms with Gasteiger partial charge in [-0.2, -0.15) is 0 Å². The lowest BCUT2D eigenvalue weighted by Gasteiger charge is -2.12. The first-order valence-corrected chi connectivity index (χ1v) is 6.80. The van der Waals surface area contributed by atoms with E-state index in [0.717, 1.165) is 12.0 Å². The minimum atomic E-state index is -0.603. The fraction of sp³-hybridized carbons (Fsp3) is 0.235. The van der Waals surface area contributed by atoms with Crippen molar-refractivity contribution < 1.29 is 4.79 Å². The Morgan fingerprint density at radius 2 is 1.75 bits per heavy atom. The first kappa shape index (κ1) is 14.3. The molecule has 0 aromatic heterocycles. The molecule has 0 aliphatic carbocycles. The van der Waals surface area contributed by atoms with E-state index >= 15 is 0 Å². The molecular weight excluding hydrogens is 248 g/mol. The van der Waals surface area contributed by atoms with E-state index in [2.05, 4.69) is 36.5 Å². The van der Waals surface area contributed by atoms with E-state index in [1.54, 1.807) is 0 Å². The molecule has 1 amide bonds. The highest BCUT2D eigenvalue weighted by atomic mass is 16.2. The van der Waals surface area contributed by atoms with Gasteiger partial charge in [0.15, 0.2) is 0 Å². The molecule has 0 aliphatic rings. The van der Waals surface area contributed by atoms with Gasteiger partial charge in [-0.15, -0.1) is 0 Å². The van der Waals surface area contributed by atoms with Crippen molar-refractivity contribution in [3.63, 3.8) is 0 Å². The van der Waals surface area contributed by atoms with Crippen LogP contribution in [0, 0.1) is 6.92 Å². The van der Waals surface area contributed by atoms with Crippen molar-refractivity contribution in [1.82, 2.24) is 5.32 Å². The highest BCUT2D eigenvalue weighted by Crippen LogP contribution is 2.09. The number of carbonyl (C=O) groups is 1. The minimum absolute atomic E-state index is 0.136. The van der Waals surface area contributed by atoms with Gasteiger partial charge in [-0.1, -0.05) is 60.2 Å². The maximum Gasteiger partial charge on any atom is 0.241 e. The molecule has 20 heavy (non-hydrogen) atoms. The Balaban J connectivity index is 1.82. The van der Waals surface area contributed by atoms with Gasteiger partial charge < -0.3 is 11.1 Å². The van der Waals surface area contributed by atoms with Gasteiger partial charge >= 0.3 is 0 Å². The van der Waals surface area contributed by atoms with Gasteiger partial charge in [0.2, 0.25) is 5.91 Å². The SMILES string of the molecule is Cc1ccc(CCNC(=O)C(N)c2ccccc2)cc1. The second-order valence-corrected chi connectivity index (χ2v) is 4.91. The number of hydrogen-bond donors (Lipinski definition) is 2. The van der Waals surface area contributed by atoms with Crippen LogP contribution in [-0.4, -0.2) is 12.5 Å². The monoisotopic (exact) mass is 268 g/mol. The van der Waals surface area contributed by atoms with Crippen LogP contribution in [0.4, 0.5) is 0 Å². The smallest absolute Gasteiger partial charge is 0.241 e. The van der Waals surface area contributed by atoms with Gasteiger partial charge in [0.1, 0.15) is 6.04 Å². The molecule has 2 rings (SSSR count). The topological polar surface area (TPSA) is 55.1 Å². The molecule has 0 radical (unpaired) electrons. The Kier molecular flexibility index (Phi) is 4.91. The third-order valence-electron chi connectivity index (χ3n) is 3.27. The van der Waals surface area contributed by atoms with E-state index in [1.165, 1.54) is 11.1 Å². The standard InChI is InChI=1S/C17H20N2O/c1-13-7-9-14(10-8-13)11-12-19-17(20)16(18)15-5-3-2-4-6-15/h2-10,16H,11-12,18H2,1H3,(H,19,20). The molecule has 2 aromatic carbocycles. The summed E-state index contributed by atoms with van der Waals surface area (Å²) in [5, 5.41) is 2.88. The average molecular weight is 268 g/mol. The molecule has 0 bridgehead atoms. The van der Waals surface area contributed by atoms with E-state index in [9.17, 15) is 4.79 Å². The second kappa shape index (κ2) is 6.87. The number of nitrogens with two attached hydrogens (primary N) is 1. The molecule has 0 spiro atoms. The molecule has 3 N–H and O–H groups in total. The first-order valence-electron chi connectivity index (χ1n) is 6.80. The number of amides is 1. The number of carbonyl (C=O) groups excluding carboxylic acids is 1. The van der Waals surface area contributed by atoms with E-state index in [-0.39, 0.29) is 5.91 Å². The van der Waals surface area contributed by atoms with Crippen LogP contribution in [-0.2, 0) is 11.2 Å². The van der Waals surface area contributed by atoms with Gasteiger partial charge in [-0.05, 0) is 24.5 Å². The normalized spacial score (nSPS) is 11.9. The largest absolute Gasteiger partial charge is 0.354 e. The summed E-state index contributed by atoms with van der Waals surface area (Å²) >= 11 is 0. The van der Waals surface area contributed by atoms with Crippen LogP contribution in [0.1, 0.15) is 22.7 Å². The lowest BCUT2D eigenvalue weighted by atomic mass is 10.1. The molecule has 104 valence electrons. The summed E-state index contributed by atoms with van der Waals surface area (Å²) in [5.41, 5.74) is 9.21. The Morgan fingerprint density at radius 1 is 1.10 bits per heavy atom. The fourth-order valence-corrected chi connectivity index (χ4v) is 2.01. The van der Waals surface area contributed by atoms with Crippen molar-refractivity contribution in [2.24, 2.45) is 5.73 Å². The van der Waals surface area contributed by atoms with E-state index in [0.29, 0.717) is 6.54 Å². The zero-order chi connectivity index (χ0) is 14.4. The van der Waals surface area contributed by atoms with Gasteiger partial charge in [0.05, 0.1) is 0 Å². The average Bonchev–Trinajstić information content (AvgIpc) is 2.49. The van der Waals surface area contributed by atoms with Crippen LogP contribution < -0.4 is 11.1 Å². The maximum absolute atomic E-state index is 12.0. The number of hydrogen-bond acceptors (Lipinski definition) is 2. The number of benzene rings is 2. The van der Waals surface area contributed by atoms with Gasteiger partial charge in [0, 0.05) is 6.54 Å². The van der Waals surface area contributed by atoms with Crippen molar-refractivity contribution in [2.45, 2.75) is 19.4 Å². The van der Waals surface area contributed by atoms with E-state index in [1.807, 2.05) is 30.3 Å². The molecule has 0 heterocycles. The third-order valence-corrected chi connectivity index (χ3v) is 3.27. The molecule has 3 nitrogen and oxygen atoms in total. The second-order valence-electron chi connectivity index (χ2n) is 4.91. The van der Waals surface area contributed by atoms with Crippen molar-refractivity contribution in [3.8, 4) is 0 Å². The van der Waals surface area contributed by atoms with Crippen LogP contribution in [0.15, 0.2) is 54.6 Å². The first-order chi connectivity index (χ1) is 9.66. The maximum atomic E-state index is 12.0. The fourth-order valence-electron chi connectivity index (χ4n) is 2.01. The molecule has 3 heteroatoms. The lowest BCUT2D eigenvalue weighted by molar-refractivity contribution is -0.122. The number of rotatable bonds is 5. The van der Waals surface area contributed by atoms with Gasteiger partial charge in [-0.3, -0.25) is 4.79 Å². The summed E-state index contributed by atoms with van der Waals surface area (Å²) in [4.78, 5) is 12.0. The zero-order valence-electron chi connectivity index (χ0n) is 11.7. The summed E-state index contributed by atoms with van der Waals surface area (Å²) in [5.74, 6) is -0.136. The van der Waals surface area contributed by atoms with Crippen LogP contribution in [0.2, 0.25) is 0 Å². The van der Waals surface area contributed by atoms with Crippen LogP contribution in [0.25, 0.3) is 0 Å². The quantitative estimate of drug-likeness (QED) is 0.874. The molecule has 1 unspecified atom stereocenters. The lowest BCUT2D eigenvalue weighted by Crippen LogP contribution is -2.35. The highest BCUT2D eigenvalue weighted by Gasteiger charge is 2.14. The molecule has 1 atom stereocenters. The van der Waals surface area contributed by atoms with Crippen molar-refractivity contribution in [1.29, 1.82) is 0 Å². The van der Waals surface area contributed by atoms with E-state index in [4.69, 9.17) is 5.73 Å². The summed E-state index contributed by atoms with van der Waals surface area (Å²) in [6.45, 7) is 2.66. The molecule has 0 fully saturated rings. The highest BCUT2D eigenvalue weighted by molar-refractivity contribution is 5.82. The Labute approximate surface area is 119 Å². The van der Waals surface area contributed by atoms with Gasteiger partial charge in [0.25, 0.3) is 0 Å². The molecule has 0 aliphatic heterocycles. The summed E-state index contributed by atoms with van der Waals surface area (Å²) < 4.78 is 0. The molecular formula is C17H20N2O. The van der Waals surface area contributed by atoms with Crippen LogP contribution in [0.3, 0.4) is 0 Å². The van der Waals surface area contributed by atoms with Gasteiger partial charge in [-0.25, -0.2) is 0 Å². The number of nitrogens with one attached hydrogen (secondary N) is 1. The van der Waals surface area contributed by atoms with Crippen LogP contribution in [0.5, 0.6) is 0 Å². The Morgan fingerprint density at radius 3 is 2.40 bits per heavy atom. The zero-order valence-corrected chi connectivity index (χ0v) is 11.7. The van der Waals surface area contributed by atoms with Crippen molar-refractivity contribution in [3.05, 3.63) is 71.3 Å². The Bertz CT molecular complexity index is 549. The van der Waals surface area contributed by atoms with Crippen molar-refractivity contribution in [2.75, 3.05) is 6.54 Å². The molecule has 2 aromatic rings. The minimum Gasteiger partial charge on any atom is -0.354 e. The predicted molar refractivity (Wildman–Crippen MR) is 81.3 cm³/mol. The summed E-state index contributed by atoms with van der Waals surface area (Å²) in [6.07, 6.45) is 0.813. The third kappa shape index (κ3) is 3.93.